The second kappa shape index (κ2) is 6.16. The summed E-state index contributed by atoms with van der Waals surface area (Å²) in [5, 5.41) is 0. The Morgan fingerprint density at radius 2 is 1.79 bits per heavy atom. The first-order chi connectivity index (χ1) is 8.47. The predicted octanol–water partition coefficient (Wildman–Crippen LogP) is 1.17. The van der Waals surface area contributed by atoms with E-state index in [2.05, 4.69) is 14.7 Å². The molecule has 0 saturated heterocycles. The number of nitrogens with two attached hydrogens (primary N) is 1. The summed E-state index contributed by atoms with van der Waals surface area (Å²) in [6, 6.07) is 7.57. The van der Waals surface area contributed by atoms with E-state index in [1.165, 1.54) is 30.5 Å². The van der Waals surface area contributed by atoms with Gasteiger partial charge in [0.1, 0.15) is 0 Å². The van der Waals surface area contributed by atoms with E-state index in [1.807, 2.05) is 0 Å². The maximum absolute atomic E-state index is 12.0. The van der Waals surface area contributed by atoms with Crippen LogP contribution in [0, 0.1) is 6.92 Å². The first-order valence-corrected chi connectivity index (χ1v) is 6.64. The van der Waals surface area contributed by atoms with Crippen molar-refractivity contribution in [2.45, 2.75) is 11.8 Å². The average Bonchev–Trinajstić information content (AvgIpc) is 2.29. The number of nitrogens with one attached hydrogen (secondary N) is 1. The SMILES string of the molecule is Cc1ccnc(NS(=O)(=O)c2ccc(N)cc2)n1.[Ag]. The van der Waals surface area contributed by atoms with Crippen LogP contribution in [0.2, 0.25) is 0 Å². The van der Waals surface area contributed by atoms with Crippen LogP contribution in [0.3, 0.4) is 0 Å². The van der Waals surface area contributed by atoms with Gasteiger partial charge in [-0.1, -0.05) is 0 Å². The van der Waals surface area contributed by atoms with Crippen molar-refractivity contribution < 1.29 is 30.8 Å². The van der Waals surface area contributed by atoms with Crippen LogP contribution in [-0.4, -0.2) is 18.4 Å². The van der Waals surface area contributed by atoms with Gasteiger partial charge in [-0.15, -0.1) is 0 Å². The van der Waals surface area contributed by atoms with E-state index in [-0.39, 0.29) is 33.2 Å². The molecule has 0 aliphatic heterocycles. The van der Waals surface area contributed by atoms with Crippen LogP contribution in [0.15, 0.2) is 41.4 Å². The number of nitrogen functional groups attached to an aromatic ring is 1. The first-order valence-electron chi connectivity index (χ1n) is 5.15. The van der Waals surface area contributed by atoms with Crippen LogP contribution in [0.25, 0.3) is 0 Å². The van der Waals surface area contributed by atoms with Crippen LogP contribution >= 0.6 is 0 Å². The van der Waals surface area contributed by atoms with Crippen molar-refractivity contribution in [3.8, 4) is 0 Å². The van der Waals surface area contributed by atoms with E-state index in [4.69, 9.17) is 5.73 Å². The number of aryl methyl sites for hydroxylation is 1. The van der Waals surface area contributed by atoms with Gasteiger partial charge in [-0.25, -0.2) is 23.1 Å². The van der Waals surface area contributed by atoms with Crippen molar-refractivity contribution in [3.05, 3.63) is 42.2 Å². The molecule has 2 aromatic rings. The molecule has 0 atom stereocenters. The number of hydrogen-bond acceptors (Lipinski definition) is 5. The van der Waals surface area contributed by atoms with Crippen molar-refractivity contribution in [2.24, 2.45) is 0 Å². The Kier molecular flexibility index (Phi) is 5.07. The molecular formula is C11H12AgN4O2S. The molecule has 0 amide bonds. The maximum atomic E-state index is 12.0. The zero-order valence-corrected chi connectivity index (χ0v) is 12.3. The molecule has 19 heavy (non-hydrogen) atoms. The maximum Gasteiger partial charge on any atom is 0.264 e. The normalized spacial score (nSPS) is 10.6. The van der Waals surface area contributed by atoms with Crippen molar-refractivity contribution in [3.63, 3.8) is 0 Å². The molecule has 1 aromatic heterocycles. The summed E-state index contributed by atoms with van der Waals surface area (Å²) in [5.74, 6) is 0.0480. The standard InChI is InChI=1S/C11H12N4O2S.Ag/c1-8-6-7-13-11(14-8)15-18(16,17)10-4-2-9(12)3-5-10;/h2-7H,12H2,1H3,(H,13,14,15);. The number of rotatable bonds is 3. The van der Waals surface area contributed by atoms with Gasteiger partial charge in [0, 0.05) is 40.0 Å². The molecule has 0 aliphatic rings. The molecule has 2 rings (SSSR count). The van der Waals surface area contributed by atoms with E-state index in [0.29, 0.717) is 11.4 Å². The van der Waals surface area contributed by atoms with Gasteiger partial charge in [0.05, 0.1) is 4.90 Å². The fourth-order valence-electron chi connectivity index (χ4n) is 1.32. The summed E-state index contributed by atoms with van der Waals surface area (Å²) in [4.78, 5) is 7.93. The quantitative estimate of drug-likeness (QED) is 0.623. The largest absolute Gasteiger partial charge is 0.399 e. The Bertz CT molecular complexity index is 659. The van der Waals surface area contributed by atoms with Crippen LogP contribution in [0.5, 0.6) is 0 Å². The Balaban J connectivity index is 0.00000180. The summed E-state index contributed by atoms with van der Waals surface area (Å²) in [6.45, 7) is 1.75. The summed E-state index contributed by atoms with van der Waals surface area (Å²) in [7, 11) is -3.68. The van der Waals surface area contributed by atoms with Crippen molar-refractivity contribution in [2.75, 3.05) is 10.5 Å². The molecule has 0 saturated carbocycles. The zero-order chi connectivity index (χ0) is 13.2. The summed E-state index contributed by atoms with van der Waals surface area (Å²) in [5.41, 5.74) is 6.68. The van der Waals surface area contributed by atoms with Crippen molar-refractivity contribution in [1.82, 2.24) is 9.97 Å². The van der Waals surface area contributed by atoms with E-state index in [0.717, 1.165) is 0 Å². The van der Waals surface area contributed by atoms with Gasteiger partial charge >= 0.3 is 0 Å². The number of anilines is 2. The number of sulfonamides is 1. The zero-order valence-electron chi connectivity index (χ0n) is 9.96. The third-order valence-corrected chi connectivity index (χ3v) is 3.55. The van der Waals surface area contributed by atoms with E-state index in [1.54, 1.807) is 13.0 Å². The second-order valence-corrected chi connectivity index (χ2v) is 5.38. The summed E-state index contributed by atoms with van der Waals surface area (Å²) in [6.07, 6.45) is 1.49. The van der Waals surface area contributed by atoms with Gasteiger partial charge in [0.2, 0.25) is 5.95 Å². The molecule has 0 aliphatic carbocycles. The Morgan fingerprint density at radius 1 is 1.16 bits per heavy atom. The topological polar surface area (TPSA) is 98.0 Å². The third kappa shape index (κ3) is 4.03. The molecule has 0 fully saturated rings. The number of aromatic nitrogens is 2. The number of nitrogens with zero attached hydrogens (tertiary/aromatic N) is 2. The van der Waals surface area contributed by atoms with E-state index < -0.39 is 10.0 Å². The molecule has 6 nitrogen and oxygen atoms in total. The van der Waals surface area contributed by atoms with Crippen LogP contribution in [0.1, 0.15) is 5.69 Å². The Labute approximate surface area is 127 Å². The van der Waals surface area contributed by atoms with Crippen LogP contribution < -0.4 is 10.5 Å². The average molecular weight is 372 g/mol. The van der Waals surface area contributed by atoms with E-state index in [9.17, 15) is 8.42 Å². The minimum absolute atomic E-state index is 0. The molecular weight excluding hydrogens is 360 g/mol. The van der Waals surface area contributed by atoms with E-state index >= 15 is 0 Å². The van der Waals surface area contributed by atoms with Crippen molar-refractivity contribution in [1.29, 1.82) is 0 Å². The van der Waals surface area contributed by atoms with Gasteiger partial charge in [-0.3, -0.25) is 0 Å². The molecule has 1 aromatic carbocycles. The predicted molar refractivity (Wildman–Crippen MR) is 68.4 cm³/mol. The van der Waals surface area contributed by atoms with Gasteiger partial charge in [0.25, 0.3) is 10.0 Å². The second-order valence-electron chi connectivity index (χ2n) is 3.70. The summed E-state index contributed by atoms with van der Waals surface area (Å²) < 4.78 is 26.3. The fraction of sp³-hybridized carbons (Fsp3) is 0.0909. The molecule has 8 heteroatoms. The van der Waals surface area contributed by atoms with Gasteiger partial charge in [-0.2, -0.15) is 0 Å². The fourth-order valence-corrected chi connectivity index (χ4v) is 2.28. The third-order valence-electron chi connectivity index (χ3n) is 2.21. The molecule has 1 radical (unpaired) electrons. The smallest absolute Gasteiger partial charge is 0.264 e. The number of hydrogen-bond donors (Lipinski definition) is 2. The minimum atomic E-state index is -3.68. The molecule has 0 unspecified atom stereocenters. The number of benzene rings is 1. The first kappa shape index (κ1) is 15.6. The molecule has 1 heterocycles. The van der Waals surface area contributed by atoms with Crippen LogP contribution in [0.4, 0.5) is 11.6 Å². The van der Waals surface area contributed by atoms with Gasteiger partial charge in [0.15, 0.2) is 0 Å². The molecule has 0 spiro atoms. The van der Waals surface area contributed by atoms with Gasteiger partial charge in [-0.05, 0) is 37.3 Å². The summed E-state index contributed by atoms with van der Waals surface area (Å²) >= 11 is 0. The Hall–Kier alpha value is -1.41. The molecule has 3 N–H and O–H groups in total. The monoisotopic (exact) mass is 371 g/mol. The van der Waals surface area contributed by atoms with Gasteiger partial charge < -0.3 is 5.73 Å². The molecule has 0 bridgehead atoms. The minimum Gasteiger partial charge on any atom is -0.399 e. The van der Waals surface area contributed by atoms with Crippen molar-refractivity contribution >= 4 is 21.7 Å². The Morgan fingerprint density at radius 3 is 2.37 bits per heavy atom. The molecule has 105 valence electrons. The van der Waals surface area contributed by atoms with Crippen LogP contribution in [-0.2, 0) is 32.4 Å².